The summed E-state index contributed by atoms with van der Waals surface area (Å²) in [4.78, 5) is 29.4. The van der Waals surface area contributed by atoms with Crippen molar-refractivity contribution in [2.45, 2.75) is 44.7 Å². The predicted octanol–water partition coefficient (Wildman–Crippen LogP) is 8.77. The lowest BCUT2D eigenvalue weighted by Gasteiger charge is -2.24. The number of imide groups is 1. The van der Waals surface area contributed by atoms with Crippen LogP contribution >= 0.6 is 23.1 Å². The summed E-state index contributed by atoms with van der Waals surface area (Å²) in [5, 5.41) is 4.30. The van der Waals surface area contributed by atoms with Crippen LogP contribution in [0.25, 0.3) is 22.1 Å². The first-order valence-electron chi connectivity index (χ1n) is 16.4. The molecule has 0 atom stereocenters. The van der Waals surface area contributed by atoms with Gasteiger partial charge in [0.25, 0.3) is 10.0 Å². The second-order valence-electron chi connectivity index (χ2n) is 12.9. The molecule has 6 rings (SSSR count). The highest BCUT2D eigenvalue weighted by Crippen LogP contribution is 2.41. The monoisotopic (exact) mass is 827 g/mol. The van der Waals surface area contributed by atoms with E-state index in [1.807, 2.05) is 0 Å². The van der Waals surface area contributed by atoms with Crippen LogP contribution in [0.4, 0.5) is 24.5 Å². The fourth-order valence-electron chi connectivity index (χ4n) is 5.44. The molecule has 0 bridgehead atoms. The molecule has 0 saturated heterocycles. The van der Waals surface area contributed by atoms with E-state index < -0.39 is 49.9 Å². The number of fused-ring (bicyclic) bond motifs is 1. The Hall–Kier alpha value is -5.85. The molecule has 6 aromatic rings. The molecule has 56 heavy (non-hydrogen) atoms. The Kier molecular flexibility index (Phi) is 11.2. The molecule has 0 spiro atoms. The minimum absolute atomic E-state index is 0.0154. The van der Waals surface area contributed by atoms with Gasteiger partial charge in [-0.1, -0.05) is 22.8 Å². The molecule has 0 aliphatic carbocycles. The number of sulfonamides is 1. The number of amides is 2. The van der Waals surface area contributed by atoms with Crippen LogP contribution in [-0.4, -0.2) is 54.8 Å². The number of methoxy groups -OCH3 is 2. The molecule has 4 aromatic carbocycles. The van der Waals surface area contributed by atoms with Crippen LogP contribution in [0.3, 0.4) is 0 Å². The highest BCUT2D eigenvalue weighted by atomic mass is 35.5. The van der Waals surface area contributed by atoms with Gasteiger partial charge in [0, 0.05) is 52.8 Å². The first-order chi connectivity index (χ1) is 26.5. The van der Waals surface area contributed by atoms with Gasteiger partial charge < -0.3 is 23.5 Å². The second kappa shape index (κ2) is 15.7. The summed E-state index contributed by atoms with van der Waals surface area (Å²) in [6.45, 7) is 5.70. The van der Waals surface area contributed by atoms with Gasteiger partial charge in [-0.2, -0.15) is 9.27 Å². The minimum atomic E-state index is -4.82. The van der Waals surface area contributed by atoms with Gasteiger partial charge in [-0.05, 0) is 68.8 Å². The maximum absolute atomic E-state index is 16.0. The Morgan fingerprint density at radius 2 is 1.70 bits per heavy atom. The average molecular weight is 828 g/mol. The number of carbonyl (C=O) groups is 2. The smallest absolute Gasteiger partial charge is 0.423 e. The zero-order valence-electron chi connectivity index (χ0n) is 30.5. The van der Waals surface area contributed by atoms with E-state index in [1.165, 1.54) is 44.6 Å². The lowest BCUT2D eigenvalue weighted by molar-refractivity contribution is -0.116. The van der Waals surface area contributed by atoms with Crippen molar-refractivity contribution < 1.29 is 50.3 Å². The van der Waals surface area contributed by atoms with Crippen LogP contribution in [0.2, 0.25) is 5.02 Å². The van der Waals surface area contributed by atoms with Crippen LogP contribution in [0.1, 0.15) is 33.3 Å². The summed E-state index contributed by atoms with van der Waals surface area (Å²) in [5.74, 6) is -3.31. The Morgan fingerprint density at radius 1 is 0.929 bits per heavy atom. The molecule has 2 amide bonds. The summed E-state index contributed by atoms with van der Waals surface area (Å²) in [7, 11) is -1.97. The summed E-state index contributed by atoms with van der Waals surface area (Å²) < 4.78 is 92.0. The van der Waals surface area contributed by atoms with Crippen molar-refractivity contribution >= 4 is 67.1 Å². The van der Waals surface area contributed by atoms with E-state index in [9.17, 15) is 18.0 Å². The number of halogens is 3. The van der Waals surface area contributed by atoms with Crippen molar-refractivity contribution in [2.24, 2.45) is 0 Å². The second-order valence-corrected chi connectivity index (χ2v) is 15.9. The molecule has 292 valence electrons. The van der Waals surface area contributed by atoms with E-state index in [1.54, 1.807) is 45.0 Å². The third-order valence-electron chi connectivity index (χ3n) is 7.95. The number of hydrogen-bond acceptors (Lipinski definition) is 13. The standard InChI is InChI=1S/C37H32ClF2N5O9S2/c1-20(46)45(36(47)53-37(2,3)4)34-26-13-21(8-11-30(26)54-43-34)25-14-23(38)9-12-29(25)52-32-16-28(40)33(17-27(32)39)56(48,49)44(35-41-19-42-55-35)18-22-7-10-24(50-5)15-31(22)51-6/h7-17,19H,18H2,1-6H3. The lowest BCUT2D eigenvalue weighted by atomic mass is 10.0. The summed E-state index contributed by atoms with van der Waals surface area (Å²) in [6.07, 6.45) is 0.153. The fraction of sp³-hybridized carbons (Fsp3) is 0.216. The van der Waals surface area contributed by atoms with Crippen LogP contribution < -0.4 is 23.4 Å². The van der Waals surface area contributed by atoms with E-state index >= 15 is 8.78 Å². The molecule has 0 saturated carbocycles. The molecule has 14 nitrogen and oxygen atoms in total. The topological polar surface area (TPSA) is 163 Å². The zero-order valence-corrected chi connectivity index (χ0v) is 32.9. The number of benzene rings is 4. The molecule has 0 aliphatic rings. The number of hydrogen-bond donors (Lipinski definition) is 0. The van der Waals surface area contributed by atoms with Crippen molar-refractivity contribution in [3.8, 4) is 34.1 Å². The Morgan fingerprint density at radius 3 is 2.36 bits per heavy atom. The molecule has 19 heteroatoms. The molecule has 2 aromatic heterocycles. The molecule has 0 fully saturated rings. The third-order valence-corrected chi connectivity index (χ3v) is 10.7. The molecular formula is C37H32ClF2N5O9S2. The van der Waals surface area contributed by atoms with Crippen LogP contribution in [-0.2, 0) is 26.1 Å². The quantitative estimate of drug-likeness (QED) is 0.122. The number of carbonyl (C=O) groups excluding carboxylic acids is 2. The van der Waals surface area contributed by atoms with Gasteiger partial charge >= 0.3 is 6.09 Å². The van der Waals surface area contributed by atoms with Gasteiger partial charge in [0.05, 0.1) is 26.2 Å². The van der Waals surface area contributed by atoms with Gasteiger partial charge in [-0.15, -0.1) is 0 Å². The van der Waals surface area contributed by atoms with Crippen molar-refractivity contribution in [1.29, 1.82) is 0 Å². The Balaban J connectivity index is 1.36. The van der Waals surface area contributed by atoms with Gasteiger partial charge in [-0.3, -0.25) is 4.79 Å². The first kappa shape index (κ1) is 39.8. The first-order valence-corrected chi connectivity index (χ1v) is 19.0. The fourth-order valence-corrected chi connectivity index (χ4v) is 7.80. The number of anilines is 2. The molecule has 2 heterocycles. The van der Waals surface area contributed by atoms with Gasteiger partial charge in [-0.25, -0.2) is 31.3 Å². The van der Waals surface area contributed by atoms with Crippen molar-refractivity contribution in [3.05, 3.63) is 95.3 Å². The van der Waals surface area contributed by atoms with E-state index in [2.05, 4.69) is 14.5 Å². The molecule has 0 radical (unpaired) electrons. The maximum atomic E-state index is 16.0. The molecule has 0 N–H and O–H groups in total. The van der Waals surface area contributed by atoms with Crippen LogP contribution in [0.15, 0.2) is 82.5 Å². The summed E-state index contributed by atoms with van der Waals surface area (Å²) in [6, 6.07) is 14.8. The van der Waals surface area contributed by atoms with Crippen molar-refractivity contribution in [1.82, 2.24) is 14.5 Å². The summed E-state index contributed by atoms with van der Waals surface area (Å²) >= 11 is 7.09. The average Bonchev–Trinajstić information content (AvgIpc) is 3.82. The maximum Gasteiger partial charge on any atom is 0.423 e. The molecule has 0 aliphatic heterocycles. The SMILES string of the molecule is COc1ccc(CN(c2ncns2)S(=O)(=O)c2cc(F)c(Oc3ccc(Cl)cc3-c3ccc4onc(N(C(C)=O)C(=O)OC(C)(C)C)c4c3)cc2F)c(OC)c1. The Labute approximate surface area is 328 Å². The Bertz CT molecular complexity index is 2560. The van der Waals surface area contributed by atoms with E-state index in [4.69, 9.17) is 35.1 Å². The number of ether oxygens (including phenoxy) is 4. The molecule has 0 unspecified atom stereocenters. The lowest BCUT2D eigenvalue weighted by Crippen LogP contribution is -2.40. The van der Waals surface area contributed by atoms with Gasteiger partial charge in [0.2, 0.25) is 11.0 Å². The van der Waals surface area contributed by atoms with Crippen molar-refractivity contribution in [2.75, 3.05) is 23.4 Å². The number of nitrogens with zero attached hydrogens (tertiary/aromatic N) is 5. The highest BCUT2D eigenvalue weighted by Gasteiger charge is 2.34. The number of rotatable bonds is 11. The summed E-state index contributed by atoms with van der Waals surface area (Å²) in [5.41, 5.74) is 0.308. The molecular weight excluding hydrogens is 796 g/mol. The van der Waals surface area contributed by atoms with Gasteiger partial charge in [0.15, 0.2) is 23.0 Å². The van der Waals surface area contributed by atoms with E-state index in [0.717, 1.165) is 34.0 Å². The predicted molar refractivity (Wildman–Crippen MR) is 203 cm³/mol. The third kappa shape index (κ3) is 8.22. The van der Waals surface area contributed by atoms with Crippen LogP contribution in [0, 0.1) is 11.6 Å². The number of aromatic nitrogens is 3. The van der Waals surface area contributed by atoms with E-state index in [0.29, 0.717) is 29.0 Å². The van der Waals surface area contributed by atoms with Crippen molar-refractivity contribution in [3.63, 3.8) is 0 Å². The largest absolute Gasteiger partial charge is 0.497 e. The minimum Gasteiger partial charge on any atom is -0.497 e. The highest BCUT2D eigenvalue weighted by molar-refractivity contribution is 7.93. The van der Waals surface area contributed by atoms with E-state index in [-0.39, 0.29) is 50.5 Å². The van der Waals surface area contributed by atoms with Crippen LogP contribution in [0.5, 0.6) is 23.0 Å². The van der Waals surface area contributed by atoms with Gasteiger partial charge in [0.1, 0.15) is 39.9 Å². The zero-order chi connectivity index (χ0) is 40.5. The normalized spacial score (nSPS) is 11.7.